The van der Waals surface area contributed by atoms with Crippen molar-refractivity contribution < 1.29 is 0 Å². The molecule has 0 atom stereocenters. The summed E-state index contributed by atoms with van der Waals surface area (Å²) < 4.78 is 0. The molecule has 1 aromatic rings. The lowest BCUT2D eigenvalue weighted by molar-refractivity contribution is 1.18. The number of rotatable bonds is 0. The molecule has 0 saturated carbocycles. The van der Waals surface area contributed by atoms with Crippen LogP contribution in [0.25, 0.3) is 0 Å². The van der Waals surface area contributed by atoms with Gasteiger partial charge in [-0.2, -0.15) is 4.98 Å². The molecule has 0 aliphatic heterocycles. The Kier molecular flexibility index (Phi) is 1.22. The molecule has 0 spiro atoms. The van der Waals surface area contributed by atoms with Gasteiger partial charge in [-0.15, -0.1) is 0 Å². The molecule has 1 aromatic heterocycles. The molecule has 1 rings (SSSR count). The molecule has 0 unspecified atom stereocenters. The van der Waals surface area contributed by atoms with Crippen LogP contribution in [0.5, 0.6) is 0 Å². The normalized spacial score (nSPS) is 9.44. The molecule has 0 aromatic carbocycles. The summed E-state index contributed by atoms with van der Waals surface area (Å²) in [6, 6.07) is 0. The molecule has 4 nitrogen and oxygen atoms in total. The molecule has 0 fully saturated rings. The summed E-state index contributed by atoms with van der Waals surface area (Å²) >= 11 is 0. The molecule has 0 aliphatic rings. The first-order valence-electron chi connectivity index (χ1n) is 2.40. The summed E-state index contributed by atoms with van der Waals surface area (Å²) in [5.74, 6) is 0.516. The van der Waals surface area contributed by atoms with Crippen LogP contribution in [0.4, 0.5) is 11.8 Å². The smallest absolute Gasteiger partial charge is 0.221 e. The Hall–Kier alpha value is -1.32. The van der Waals surface area contributed by atoms with Gasteiger partial charge in [0.15, 0.2) is 0 Å². The molecule has 47 valence electrons. The number of nitrogens with zero attached hydrogens (tertiary/aromatic N) is 2. The van der Waals surface area contributed by atoms with Crippen LogP contribution in [0.1, 0.15) is 5.56 Å². The summed E-state index contributed by atoms with van der Waals surface area (Å²) in [6.45, 7) is 3.56. The molecular formula is C5H7N4. The van der Waals surface area contributed by atoms with Crippen LogP contribution in [0.3, 0.4) is 0 Å². The fourth-order valence-electron chi connectivity index (χ4n) is 0.434. The van der Waals surface area contributed by atoms with Gasteiger partial charge in [0, 0.05) is 11.8 Å². The third-order valence-corrected chi connectivity index (χ3v) is 0.917. The Balaban J connectivity index is 3.17. The second-order valence-electron chi connectivity index (χ2n) is 1.64. The molecule has 0 bridgehead atoms. The minimum absolute atomic E-state index is 0.180. The zero-order chi connectivity index (χ0) is 6.85. The summed E-state index contributed by atoms with van der Waals surface area (Å²) in [4.78, 5) is 7.32. The quantitative estimate of drug-likeness (QED) is 0.501. The van der Waals surface area contributed by atoms with Crippen LogP contribution in [-0.2, 0) is 0 Å². The van der Waals surface area contributed by atoms with E-state index in [4.69, 9.17) is 11.5 Å². The van der Waals surface area contributed by atoms with E-state index in [1.54, 1.807) is 0 Å². The van der Waals surface area contributed by atoms with Gasteiger partial charge in [-0.05, 0) is 6.92 Å². The van der Waals surface area contributed by atoms with Gasteiger partial charge in [-0.25, -0.2) is 4.98 Å². The van der Waals surface area contributed by atoms with E-state index in [1.807, 2.05) is 0 Å². The lowest BCUT2D eigenvalue weighted by Gasteiger charge is -1.95. The first-order valence-corrected chi connectivity index (χ1v) is 2.40. The number of nitrogen functional groups attached to an aromatic ring is 2. The zero-order valence-corrected chi connectivity index (χ0v) is 4.83. The first-order chi connectivity index (χ1) is 4.20. The predicted molar refractivity (Wildman–Crippen MR) is 35.3 cm³/mol. The van der Waals surface area contributed by atoms with Crippen molar-refractivity contribution in [3.8, 4) is 0 Å². The number of aromatic nitrogens is 2. The minimum atomic E-state index is 0.180. The Morgan fingerprint density at radius 3 is 2.56 bits per heavy atom. The van der Waals surface area contributed by atoms with Gasteiger partial charge in [0.05, 0.1) is 0 Å². The highest BCUT2D eigenvalue weighted by molar-refractivity contribution is 5.42. The summed E-state index contributed by atoms with van der Waals surface area (Å²) in [7, 11) is 0. The maximum atomic E-state index is 5.33. The largest absolute Gasteiger partial charge is 0.383 e. The predicted octanol–water partition coefficient (Wildman–Crippen LogP) is -0.177. The van der Waals surface area contributed by atoms with Crippen LogP contribution in [-0.4, -0.2) is 9.97 Å². The maximum absolute atomic E-state index is 5.33. The van der Waals surface area contributed by atoms with E-state index in [9.17, 15) is 0 Å². The van der Waals surface area contributed by atoms with Gasteiger partial charge in [0.1, 0.15) is 5.82 Å². The zero-order valence-electron chi connectivity index (χ0n) is 4.83. The summed E-state index contributed by atoms with van der Waals surface area (Å²) in [5.41, 5.74) is 11.1. The highest BCUT2D eigenvalue weighted by Gasteiger charge is 1.93. The van der Waals surface area contributed by atoms with Crippen molar-refractivity contribution in [2.24, 2.45) is 0 Å². The van der Waals surface area contributed by atoms with Crippen LogP contribution in [0.2, 0.25) is 0 Å². The van der Waals surface area contributed by atoms with Crippen LogP contribution < -0.4 is 11.5 Å². The van der Waals surface area contributed by atoms with Gasteiger partial charge >= 0.3 is 0 Å². The van der Waals surface area contributed by atoms with Gasteiger partial charge < -0.3 is 11.5 Å². The maximum Gasteiger partial charge on any atom is 0.221 e. The number of anilines is 2. The highest BCUT2D eigenvalue weighted by atomic mass is 15.0. The van der Waals surface area contributed by atoms with E-state index >= 15 is 0 Å². The molecule has 4 heteroatoms. The molecule has 0 saturated heterocycles. The van der Waals surface area contributed by atoms with Gasteiger partial charge in [0.25, 0.3) is 0 Å². The number of hydrogen-bond donors (Lipinski definition) is 2. The van der Waals surface area contributed by atoms with Crippen molar-refractivity contribution in [2.45, 2.75) is 0 Å². The Morgan fingerprint density at radius 2 is 2.11 bits per heavy atom. The third-order valence-electron chi connectivity index (χ3n) is 0.917. The van der Waals surface area contributed by atoms with E-state index in [1.165, 1.54) is 6.20 Å². The van der Waals surface area contributed by atoms with Crippen LogP contribution in [0.15, 0.2) is 6.20 Å². The molecule has 0 amide bonds. The van der Waals surface area contributed by atoms with Crippen molar-refractivity contribution in [2.75, 3.05) is 11.5 Å². The van der Waals surface area contributed by atoms with E-state index in [0.29, 0.717) is 11.4 Å². The van der Waals surface area contributed by atoms with Crippen molar-refractivity contribution in [3.63, 3.8) is 0 Å². The van der Waals surface area contributed by atoms with Crippen molar-refractivity contribution in [3.05, 3.63) is 18.7 Å². The molecular weight excluding hydrogens is 116 g/mol. The van der Waals surface area contributed by atoms with E-state index in [2.05, 4.69) is 16.9 Å². The van der Waals surface area contributed by atoms with E-state index < -0.39 is 0 Å². The van der Waals surface area contributed by atoms with E-state index in [-0.39, 0.29) is 5.95 Å². The lowest BCUT2D eigenvalue weighted by atomic mass is 10.4. The second-order valence-corrected chi connectivity index (χ2v) is 1.64. The Labute approximate surface area is 52.9 Å². The fourth-order valence-corrected chi connectivity index (χ4v) is 0.434. The molecule has 1 heterocycles. The molecule has 9 heavy (non-hydrogen) atoms. The average Bonchev–Trinajstić information content (AvgIpc) is 1.80. The van der Waals surface area contributed by atoms with E-state index in [0.717, 1.165) is 0 Å². The third kappa shape index (κ3) is 1.07. The monoisotopic (exact) mass is 123 g/mol. The van der Waals surface area contributed by atoms with Gasteiger partial charge in [0.2, 0.25) is 5.95 Å². The van der Waals surface area contributed by atoms with Crippen molar-refractivity contribution in [1.29, 1.82) is 0 Å². The summed E-state index contributed by atoms with van der Waals surface area (Å²) in [5, 5.41) is 0. The van der Waals surface area contributed by atoms with Crippen molar-refractivity contribution >= 4 is 11.8 Å². The average molecular weight is 123 g/mol. The summed E-state index contributed by atoms with van der Waals surface area (Å²) in [6.07, 6.45) is 1.48. The first kappa shape index (κ1) is 5.81. The highest BCUT2D eigenvalue weighted by Crippen LogP contribution is 2.04. The lowest BCUT2D eigenvalue weighted by Crippen LogP contribution is -2.00. The second kappa shape index (κ2) is 1.89. The fraction of sp³-hybridized carbons (Fsp3) is 0. The van der Waals surface area contributed by atoms with Gasteiger partial charge in [-0.1, -0.05) is 0 Å². The molecule has 4 N–H and O–H groups in total. The van der Waals surface area contributed by atoms with Crippen LogP contribution >= 0.6 is 0 Å². The standard InChI is InChI=1S/C5H7N4/c1-3-2-8-5(7)9-4(3)6/h2H,1H2,(H4,6,7,8,9). The Bertz CT molecular complexity index is 220. The number of hydrogen-bond acceptors (Lipinski definition) is 4. The van der Waals surface area contributed by atoms with Crippen LogP contribution in [0, 0.1) is 6.92 Å². The Morgan fingerprint density at radius 1 is 1.44 bits per heavy atom. The SMILES string of the molecule is [CH2]c1cnc(N)nc1N. The molecule has 0 aliphatic carbocycles. The minimum Gasteiger partial charge on any atom is -0.383 e. The van der Waals surface area contributed by atoms with Gasteiger partial charge in [-0.3, -0.25) is 0 Å². The number of nitrogens with two attached hydrogens (primary N) is 2. The molecule has 1 radical (unpaired) electrons. The topological polar surface area (TPSA) is 77.8 Å². The van der Waals surface area contributed by atoms with Crippen molar-refractivity contribution in [1.82, 2.24) is 9.97 Å².